The van der Waals surface area contributed by atoms with Crippen LogP contribution in [0.3, 0.4) is 0 Å². The highest BCUT2D eigenvalue weighted by atomic mass is 35.5. The van der Waals surface area contributed by atoms with Gasteiger partial charge in [0.2, 0.25) is 0 Å². The molecule has 1 fully saturated rings. The van der Waals surface area contributed by atoms with Gasteiger partial charge in [-0.3, -0.25) is 0 Å². The fourth-order valence-corrected chi connectivity index (χ4v) is 2.68. The summed E-state index contributed by atoms with van der Waals surface area (Å²) in [5.41, 5.74) is 0.963. The van der Waals surface area contributed by atoms with Gasteiger partial charge in [-0.25, -0.2) is 4.98 Å². The molecule has 14 heavy (non-hydrogen) atoms. The van der Waals surface area contributed by atoms with Crippen molar-refractivity contribution in [2.24, 2.45) is 0 Å². The summed E-state index contributed by atoms with van der Waals surface area (Å²) in [7, 11) is 0. The van der Waals surface area contributed by atoms with Crippen LogP contribution in [0.5, 0.6) is 0 Å². The first-order valence-electron chi connectivity index (χ1n) is 4.66. The van der Waals surface area contributed by atoms with Crippen LogP contribution in [0.2, 0.25) is 0 Å². The first-order chi connectivity index (χ1) is 6.81. The van der Waals surface area contributed by atoms with Gasteiger partial charge in [0.05, 0.1) is 30.8 Å². The molecule has 0 aromatic carbocycles. The summed E-state index contributed by atoms with van der Waals surface area (Å²) in [6.07, 6.45) is 0. The molecule has 0 radical (unpaired) electrons. The molecule has 0 saturated carbocycles. The average Bonchev–Trinajstić information content (AvgIpc) is 2.67. The SMILES string of the molecule is CC1COCCN1c1nc(CCl)cs1. The maximum atomic E-state index is 5.72. The molecule has 2 heterocycles. The zero-order valence-corrected chi connectivity index (χ0v) is 9.64. The van der Waals surface area contributed by atoms with Crippen molar-refractivity contribution in [2.45, 2.75) is 18.8 Å². The van der Waals surface area contributed by atoms with E-state index in [0.29, 0.717) is 11.9 Å². The Balaban J connectivity index is 2.12. The van der Waals surface area contributed by atoms with Crippen LogP contribution in [0.15, 0.2) is 5.38 Å². The topological polar surface area (TPSA) is 25.4 Å². The minimum absolute atomic E-state index is 0.415. The number of hydrogen-bond acceptors (Lipinski definition) is 4. The van der Waals surface area contributed by atoms with E-state index in [1.165, 1.54) is 0 Å². The van der Waals surface area contributed by atoms with E-state index < -0.39 is 0 Å². The van der Waals surface area contributed by atoms with Gasteiger partial charge in [0, 0.05) is 11.9 Å². The Labute approximate surface area is 92.7 Å². The summed E-state index contributed by atoms with van der Waals surface area (Å²) in [6.45, 7) is 4.66. The molecule has 5 heteroatoms. The third kappa shape index (κ3) is 2.02. The van der Waals surface area contributed by atoms with Gasteiger partial charge in [0.1, 0.15) is 0 Å². The Bertz CT molecular complexity index is 305. The predicted molar refractivity (Wildman–Crippen MR) is 59.3 cm³/mol. The molecular weight excluding hydrogens is 220 g/mol. The van der Waals surface area contributed by atoms with E-state index >= 15 is 0 Å². The van der Waals surface area contributed by atoms with Crippen LogP contribution in [0.4, 0.5) is 5.13 Å². The fraction of sp³-hybridized carbons (Fsp3) is 0.667. The molecule has 1 saturated heterocycles. The lowest BCUT2D eigenvalue weighted by Gasteiger charge is -2.32. The van der Waals surface area contributed by atoms with E-state index in [1.54, 1.807) is 11.3 Å². The maximum Gasteiger partial charge on any atom is 0.185 e. The minimum atomic E-state index is 0.415. The number of nitrogens with zero attached hydrogens (tertiary/aromatic N) is 2. The first-order valence-corrected chi connectivity index (χ1v) is 6.07. The van der Waals surface area contributed by atoms with Crippen molar-refractivity contribution in [3.8, 4) is 0 Å². The predicted octanol–water partition coefficient (Wildman–Crippen LogP) is 2.11. The first kappa shape index (κ1) is 10.2. The zero-order chi connectivity index (χ0) is 9.97. The Morgan fingerprint density at radius 3 is 3.29 bits per heavy atom. The van der Waals surface area contributed by atoms with Crippen LogP contribution in [-0.4, -0.2) is 30.8 Å². The Morgan fingerprint density at radius 1 is 1.79 bits per heavy atom. The second-order valence-electron chi connectivity index (χ2n) is 3.37. The van der Waals surface area contributed by atoms with Crippen LogP contribution in [0.1, 0.15) is 12.6 Å². The second kappa shape index (κ2) is 4.47. The van der Waals surface area contributed by atoms with E-state index in [4.69, 9.17) is 16.3 Å². The third-order valence-corrected chi connectivity index (χ3v) is 3.49. The van der Waals surface area contributed by atoms with Crippen molar-refractivity contribution < 1.29 is 4.74 Å². The van der Waals surface area contributed by atoms with E-state index in [0.717, 1.165) is 30.6 Å². The lowest BCUT2D eigenvalue weighted by atomic mass is 10.3. The molecular formula is C9H13ClN2OS. The van der Waals surface area contributed by atoms with Gasteiger partial charge >= 0.3 is 0 Å². The molecule has 0 aliphatic carbocycles. The molecule has 1 aromatic rings. The Hall–Kier alpha value is -0.320. The number of aromatic nitrogens is 1. The molecule has 2 rings (SSSR count). The molecule has 78 valence electrons. The number of morpholine rings is 1. The van der Waals surface area contributed by atoms with Crippen LogP contribution in [-0.2, 0) is 10.6 Å². The van der Waals surface area contributed by atoms with Gasteiger partial charge in [0.25, 0.3) is 0 Å². The highest BCUT2D eigenvalue weighted by Gasteiger charge is 2.21. The third-order valence-electron chi connectivity index (χ3n) is 2.29. The van der Waals surface area contributed by atoms with Crippen molar-refractivity contribution in [1.82, 2.24) is 4.98 Å². The lowest BCUT2D eigenvalue weighted by Crippen LogP contribution is -2.43. The summed E-state index contributed by atoms with van der Waals surface area (Å²) in [5.74, 6) is 0.495. The smallest absolute Gasteiger partial charge is 0.185 e. The van der Waals surface area contributed by atoms with Crippen molar-refractivity contribution >= 4 is 28.1 Å². The summed E-state index contributed by atoms with van der Waals surface area (Å²) in [4.78, 5) is 6.74. The number of rotatable bonds is 2. The highest BCUT2D eigenvalue weighted by molar-refractivity contribution is 7.13. The number of hydrogen-bond donors (Lipinski definition) is 0. The summed E-state index contributed by atoms with van der Waals surface area (Å²) >= 11 is 7.38. The fourth-order valence-electron chi connectivity index (χ4n) is 1.50. The molecule has 1 aliphatic heterocycles. The standard InChI is InChI=1S/C9H13ClN2OS/c1-7-5-13-3-2-12(7)9-11-8(4-10)6-14-9/h6-7H,2-5H2,1H3. The van der Waals surface area contributed by atoms with Crippen LogP contribution < -0.4 is 4.90 Å². The van der Waals surface area contributed by atoms with E-state index in [2.05, 4.69) is 16.8 Å². The average molecular weight is 233 g/mol. The van der Waals surface area contributed by atoms with Gasteiger partial charge < -0.3 is 9.64 Å². The number of thiazole rings is 1. The van der Waals surface area contributed by atoms with Gasteiger partial charge in [-0.15, -0.1) is 22.9 Å². The van der Waals surface area contributed by atoms with Crippen molar-refractivity contribution in [1.29, 1.82) is 0 Å². The molecule has 0 bridgehead atoms. The highest BCUT2D eigenvalue weighted by Crippen LogP contribution is 2.24. The van der Waals surface area contributed by atoms with Gasteiger partial charge in [0.15, 0.2) is 5.13 Å². The van der Waals surface area contributed by atoms with E-state index in [9.17, 15) is 0 Å². The maximum absolute atomic E-state index is 5.72. The molecule has 0 spiro atoms. The number of alkyl halides is 1. The minimum Gasteiger partial charge on any atom is -0.377 e. The largest absolute Gasteiger partial charge is 0.377 e. The Kier molecular flexibility index (Phi) is 3.26. The van der Waals surface area contributed by atoms with E-state index in [1.807, 2.05) is 5.38 Å². The quantitative estimate of drug-likeness (QED) is 0.731. The lowest BCUT2D eigenvalue weighted by molar-refractivity contribution is 0.0989. The second-order valence-corrected chi connectivity index (χ2v) is 4.48. The van der Waals surface area contributed by atoms with Crippen LogP contribution in [0.25, 0.3) is 0 Å². The molecule has 0 N–H and O–H groups in total. The van der Waals surface area contributed by atoms with Gasteiger partial charge in [-0.05, 0) is 6.92 Å². The summed E-state index contributed by atoms with van der Waals surface area (Å²) in [5, 5.41) is 3.08. The summed E-state index contributed by atoms with van der Waals surface area (Å²) < 4.78 is 5.38. The molecule has 1 aliphatic rings. The van der Waals surface area contributed by atoms with Crippen LogP contribution in [0, 0.1) is 0 Å². The molecule has 1 atom stereocenters. The zero-order valence-electron chi connectivity index (χ0n) is 8.07. The number of halogens is 1. The monoisotopic (exact) mass is 232 g/mol. The van der Waals surface area contributed by atoms with Crippen LogP contribution >= 0.6 is 22.9 Å². The van der Waals surface area contributed by atoms with Crippen molar-refractivity contribution in [2.75, 3.05) is 24.7 Å². The molecule has 3 nitrogen and oxygen atoms in total. The number of anilines is 1. The molecule has 1 unspecified atom stereocenters. The van der Waals surface area contributed by atoms with Crippen molar-refractivity contribution in [3.63, 3.8) is 0 Å². The van der Waals surface area contributed by atoms with Gasteiger partial charge in [-0.2, -0.15) is 0 Å². The van der Waals surface area contributed by atoms with E-state index in [-0.39, 0.29) is 0 Å². The number of ether oxygens (including phenoxy) is 1. The molecule has 0 amide bonds. The van der Waals surface area contributed by atoms with Gasteiger partial charge in [-0.1, -0.05) is 0 Å². The summed E-state index contributed by atoms with van der Waals surface area (Å²) in [6, 6.07) is 0.415. The Morgan fingerprint density at radius 2 is 2.64 bits per heavy atom. The van der Waals surface area contributed by atoms with Crippen molar-refractivity contribution in [3.05, 3.63) is 11.1 Å². The normalized spacial score (nSPS) is 22.7. The molecule has 1 aromatic heterocycles.